The summed E-state index contributed by atoms with van der Waals surface area (Å²) in [6, 6.07) is 0. The summed E-state index contributed by atoms with van der Waals surface area (Å²) < 4.78 is 0. The van der Waals surface area contributed by atoms with Crippen LogP contribution in [0.3, 0.4) is 0 Å². The van der Waals surface area contributed by atoms with E-state index in [0.29, 0.717) is 5.41 Å². The Bertz CT molecular complexity index is 157. The smallest absolute Gasteiger partial charge is 0.0357 e. The summed E-state index contributed by atoms with van der Waals surface area (Å²) in [4.78, 5) is 0. The van der Waals surface area contributed by atoms with Crippen LogP contribution < -0.4 is 0 Å². The first kappa shape index (κ1) is 13.1. The average molecular weight is 210 g/mol. The van der Waals surface area contributed by atoms with Crippen LogP contribution in [0, 0.1) is 17.3 Å². The molecule has 0 aromatic carbocycles. The van der Waals surface area contributed by atoms with E-state index >= 15 is 0 Å². The Kier molecular flexibility index (Phi) is 5.15. The van der Waals surface area contributed by atoms with Crippen LogP contribution in [-0.2, 0) is 0 Å². The van der Waals surface area contributed by atoms with Crippen LogP contribution in [0.15, 0.2) is 0 Å². The van der Waals surface area contributed by atoms with Gasteiger partial charge < -0.3 is 0 Å². The molecule has 0 N–H and O–H groups in total. The van der Waals surface area contributed by atoms with E-state index in [-0.39, 0.29) is 0 Å². The van der Waals surface area contributed by atoms with Crippen molar-refractivity contribution >= 4 is 0 Å². The maximum absolute atomic E-state index is 2.41. The molecule has 1 atom stereocenters. The lowest BCUT2D eigenvalue weighted by molar-refractivity contribution is 0.239. The van der Waals surface area contributed by atoms with Crippen molar-refractivity contribution in [3.8, 4) is 0 Å². The fourth-order valence-electron chi connectivity index (χ4n) is 2.62. The van der Waals surface area contributed by atoms with Gasteiger partial charge in [-0.05, 0) is 17.3 Å². The van der Waals surface area contributed by atoms with Gasteiger partial charge in [0.15, 0.2) is 0 Å². The van der Waals surface area contributed by atoms with Crippen LogP contribution in [0.25, 0.3) is 0 Å². The van der Waals surface area contributed by atoms with Gasteiger partial charge in [0, 0.05) is 0 Å². The maximum Gasteiger partial charge on any atom is -0.0357 e. The lowest BCUT2D eigenvalue weighted by Gasteiger charge is -2.27. The van der Waals surface area contributed by atoms with Gasteiger partial charge in [-0.2, -0.15) is 0 Å². The molecule has 15 heavy (non-hydrogen) atoms. The minimum atomic E-state index is 0.507. The summed E-state index contributed by atoms with van der Waals surface area (Å²) >= 11 is 0. The molecule has 0 radical (unpaired) electrons. The summed E-state index contributed by atoms with van der Waals surface area (Å²) in [5, 5.41) is 0. The van der Waals surface area contributed by atoms with Crippen LogP contribution in [0.5, 0.6) is 0 Å². The SMILES string of the molecule is CC(CCCCC1CCCC1)C(C)(C)C. The standard InChI is InChI=1S/C15H30/c1-13(15(2,3)4)9-5-6-10-14-11-7-8-12-14/h13-14H,5-12H2,1-4H3. The van der Waals surface area contributed by atoms with Crippen molar-refractivity contribution in [2.75, 3.05) is 0 Å². The van der Waals surface area contributed by atoms with Gasteiger partial charge >= 0.3 is 0 Å². The molecule has 0 saturated heterocycles. The van der Waals surface area contributed by atoms with Gasteiger partial charge in [0.25, 0.3) is 0 Å². The van der Waals surface area contributed by atoms with Crippen molar-refractivity contribution in [1.82, 2.24) is 0 Å². The first-order chi connectivity index (χ1) is 7.00. The second kappa shape index (κ2) is 5.92. The van der Waals surface area contributed by atoms with Gasteiger partial charge in [0.1, 0.15) is 0 Å². The van der Waals surface area contributed by atoms with E-state index in [1.54, 1.807) is 0 Å². The third-order valence-electron chi connectivity index (χ3n) is 4.45. The van der Waals surface area contributed by atoms with Gasteiger partial charge in [-0.3, -0.25) is 0 Å². The highest BCUT2D eigenvalue weighted by molar-refractivity contribution is 4.71. The Labute approximate surface area is 96.8 Å². The van der Waals surface area contributed by atoms with E-state index in [2.05, 4.69) is 27.7 Å². The number of rotatable bonds is 5. The summed E-state index contributed by atoms with van der Waals surface area (Å²) in [5.74, 6) is 1.97. The molecule has 0 aromatic heterocycles. The van der Waals surface area contributed by atoms with Crippen molar-refractivity contribution in [3.05, 3.63) is 0 Å². The molecule has 1 saturated carbocycles. The molecule has 0 heteroatoms. The first-order valence-electron chi connectivity index (χ1n) is 7.00. The van der Waals surface area contributed by atoms with E-state index in [4.69, 9.17) is 0 Å². The number of hydrogen-bond acceptors (Lipinski definition) is 0. The summed E-state index contributed by atoms with van der Waals surface area (Å²) in [5.41, 5.74) is 0.507. The molecular formula is C15H30. The molecule has 0 heterocycles. The molecule has 1 rings (SSSR count). The van der Waals surface area contributed by atoms with Crippen LogP contribution in [0.4, 0.5) is 0 Å². The minimum Gasteiger partial charge on any atom is -0.0620 e. The Morgan fingerprint density at radius 2 is 1.67 bits per heavy atom. The minimum absolute atomic E-state index is 0.507. The van der Waals surface area contributed by atoms with Crippen molar-refractivity contribution in [3.63, 3.8) is 0 Å². The molecule has 90 valence electrons. The monoisotopic (exact) mass is 210 g/mol. The first-order valence-corrected chi connectivity index (χ1v) is 7.00. The molecule has 0 amide bonds. The van der Waals surface area contributed by atoms with Crippen LogP contribution in [-0.4, -0.2) is 0 Å². The second-order valence-corrected chi connectivity index (χ2v) is 6.70. The zero-order chi connectivity index (χ0) is 11.3. The molecule has 0 aromatic rings. The van der Waals surface area contributed by atoms with E-state index < -0.39 is 0 Å². The molecule has 1 unspecified atom stereocenters. The summed E-state index contributed by atoms with van der Waals surface area (Å²) in [7, 11) is 0. The molecule has 0 bridgehead atoms. The molecule has 1 fully saturated rings. The summed E-state index contributed by atoms with van der Waals surface area (Å²) in [6.45, 7) is 9.52. The van der Waals surface area contributed by atoms with Crippen molar-refractivity contribution < 1.29 is 0 Å². The van der Waals surface area contributed by atoms with Gasteiger partial charge in [0.05, 0.1) is 0 Å². The average Bonchev–Trinajstić information content (AvgIpc) is 2.63. The highest BCUT2D eigenvalue weighted by Gasteiger charge is 2.19. The van der Waals surface area contributed by atoms with E-state index in [9.17, 15) is 0 Å². The van der Waals surface area contributed by atoms with Gasteiger partial charge in [0.2, 0.25) is 0 Å². The normalized spacial score (nSPS) is 20.8. The second-order valence-electron chi connectivity index (χ2n) is 6.70. The van der Waals surface area contributed by atoms with E-state index in [0.717, 1.165) is 11.8 Å². The fraction of sp³-hybridized carbons (Fsp3) is 1.00. The molecule has 1 aliphatic carbocycles. The van der Waals surface area contributed by atoms with Crippen molar-refractivity contribution in [1.29, 1.82) is 0 Å². The Morgan fingerprint density at radius 3 is 2.20 bits per heavy atom. The summed E-state index contributed by atoms with van der Waals surface area (Å²) in [6.07, 6.45) is 11.9. The Morgan fingerprint density at radius 1 is 1.07 bits per heavy atom. The number of unbranched alkanes of at least 4 members (excludes halogenated alkanes) is 1. The zero-order valence-electron chi connectivity index (χ0n) is 11.3. The van der Waals surface area contributed by atoms with Crippen LogP contribution >= 0.6 is 0 Å². The van der Waals surface area contributed by atoms with Crippen molar-refractivity contribution in [2.24, 2.45) is 17.3 Å². The lowest BCUT2D eigenvalue weighted by Crippen LogP contribution is -2.17. The Balaban J connectivity index is 2.01. The van der Waals surface area contributed by atoms with Crippen molar-refractivity contribution in [2.45, 2.75) is 79.1 Å². The topological polar surface area (TPSA) is 0 Å². The third-order valence-corrected chi connectivity index (χ3v) is 4.45. The molecule has 0 nitrogen and oxygen atoms in total. The zero-order valence-corrected chi connectivity index (χ0v) is 11.3. The van der Waals surface area contributed by atoms with Crippen LogP contribution in [0.1, 0.15) is 79.1 Å². The maximum atomic E-state index is 2.41. The van der Waals surface area contributed by atoms with Gasteiger partial charge in [-0.25, -0.2) is 0 Å². The highest BCUT2D eigenvalue weighted by atomic mass is 14.3. The van der Waals surface area contributed by atoms with Gasteiger partial charge in [-0.1, -0.05) is 79.1 Å². The molecular weight excluding hydrogens is 180 g/mol. The quantitative estimate of drug-likeness (QED) is 0.532. The molecule has 0 spiro atoms. The molecule has 1 aliphatic rings. The van der Waals surface area contributed by atoms with Crippen LogP contribution in [0.2, 0.25) is 0 Å². The lowest BCUT2D eigenvalue weighted by atomic mass is 9.79. The van der Waals surface area contributed by atoms with Gasteiger partial charge in [-0.15, -0.1) is 0 Å². The fourth-order valence-corrected chi connectivity index (χ4v) is 2.62. The largest absolute Gasteiger partial charge is 0.0620 e. The number of hydrogen-bond donors (Lipinski definition) is 0. The Hall–Kier alpha value is 0. The predicted molar refractivity (Wildman–Crippen MR) is 69.0 cm³/mol. The van der Waals surface area contributed by atoms with E-state index in [1.807, 2.05) is 0 Å². The van der Waals surface area contributed by atoms with E-state index in [1.165, 1.54) is 51.4 Å². The third kappa shape index (κ3) is 5.04. The molecule has 0 aliphatic heterocycles. The highest BCUT2D eigenvalue weighted by Crippen LogP contribution is 2.32. The predicted octanol–water partition coefficient (Wildman–Crippen LogP) is 5.42.